The molecule has 0 unspecified atom stereocenters. The number of amides is 1. The largest absolute Gasteiger partial charge is 0.360 e. The van der Waals surface area contributed by atoms with Crippen LogP contribution in [0.1, 0.15) is 36.5 Å². The molecular formula is C21H22ClN3O. The predicted octanol–water partition coefficient (Wildman–Crippen LogP) is 4.91. The fraction of sp³-hybridized carbons (Fsp3) is 0.238. The van der Waals surface area contributed by atoms with E-state index < -0.39 is 5.91 Å². The number of hydrogen-bond acceptors (Lipinski definition) is 3. The second kappa shape index (κ2) is 9.07. The molecule has 1 amide bonds. The van der Waals surface area contributed by atoms with Gasteiger partial charge < -0.3 is 10.6 Å². The van der Waals surface area contributed by atoms with Crippen molar-refractivity contribution >= 4 is 23.2 Å². The van der Waals surface area contributed by atoms with Crippen LogP contribution in [-0.4, -0.2) is 5.91 Å². The van der Waals surface area contributed by atoms with Crippen molar-refractivity contribution in [3.05, 3.63) is 76.0 Å². The van der Waals surface area contributed by atoms with Crippen LogP contribution >= 0.6 is 11.6 Å². The van der Waals surface area contributed by atoms with Gasteiger partial charge in [-0.15, -0.1) is 0 Å². The van der Waals surface area contributed by atoms with Gasteiger partial charge in [0.15, 0.2) is 0 Å². The summed E-state index contributed by atoms with van der Waals surface area (Å²) in [5, 5.41) is 15.8. The van der Waals surface area contributed by atoms with Gasteiger partial charge in [0, 0.05) is 23.5 Å². The molecule has 2 aromatic carbocycles. The predicted molar refractivity (Wildman–Crippen MR) is 106 cm³/mol. The first-order valence-corrected chi connectivity index (χ1v) is 8.79. The maximum absolute atomic E-state index is 12.3. The smallest absolute Gasteiger partial charge is 0.263 e. The van der Waals surface area contributed by atoms with Crippen LogP contribution in [-0.2, 0) is 11.3 Å². The molecular weight excluding hydrogens is 346 g/mol. The SMILES string of the molecule is Cc1cccc(C(C)C)c1N/C=C(/C#N)C(=O)NCc1ccccc1Cl. The number of nitriles is 1. The first-order chi connectivity index (χ1) is 12.4. The first kappa shape index (κ1) is 19.6. The second-order valence-electron chi connectivity index (χ2n) is 6.28. The molecule has 0 heterocycles. The molecule has 0 spiro atoms. The van der Waals surface area contributed by atoms with E-state index in [4.69, 9.17) is 11.6 Å². The summed E-state index contributed by atoms with van der Waals surface area (Å²) in [5.41, 5.74) is 3.93. The lowest BCUT2D eigenvalue weighted by molar-refractivity contribution is -0.117. The van der Waals surface area contributed by atoms with Gasteiger partial charge in [-0.1, -0.05) is 61.8 Å². The Hall–Kier alpha value is -2.77. The Balaban J connectivity index is 2.12. The summed E-state index contributed by atoms with van der Waals surface area (Å²) in [4.78, 5) is 12.3. The van der Waals surface area contributed by atoms with Gasteiger partial charge in [0.2, 0.25) is 0 Å². The number of halogens is 1. The zero-order valence-corrected chi connectivity index (χ0v) is 15.9. The van der Waals surface area contributed by atoms with Crippen molar-refractivity contribution in [3.63, 3.8) is 0 Å². The van der Waals surface area contributed by atoms with Crippen molar-refractivity contribution in [1.82, 2.24) is 5.32 Å². The van der Waals surface area contributed by atoms with Crippen molar-refractivity contribution in [1.29, 1.82) is 5.26 Å². The Morgan fingerprint density at radius 2 is 1.96 bits per heavy atom. The summed E-state index contributed by atoms with van der Waals surface area (Å²) in [7, 11) is 0. The molecule has 0 bridgehead atoms. The van der Waals surface area contributed by atoms with Crippen LogP contribution in [0.25, 0.3) is 0 Å². The summed E-state index contributed by atoms with van der Waals surface area (Å²) in [6, 6.07) is 15.2. The number of carbonyl (C=O) groups excluding carboxylic acids is 1. The summed E-state index contributed by atoms with van der Waals surface area (Å²) in [6.45, 7) is 6.46. The molecule has 2 N–H and O–H groups in total. The number of rotatable bonds is 6. The Morgan fingerprint density at radius 1 is 1.23 bits per heavy atom. The highest BCUT2D eigenvalue weighted by molar-refractivity contribution is 6.31. The number of nitrogens with zero attached hydrogens (tertiary/aromatic N) is 1. The number of aryl methyl sites for hydroxylation is 1. The molecule has 4 nitrogen and oxygen atoms in total. The molecule has 0 aliphatic rings. The summed E-state index contributed by atoms with van der Waals surface area (Å²) in [6.07, 6.45) is 1.45. The molecule has 0 fully saturated rings. The fourth-order valence-corrected chi connectivity index (χ4v) is 2.78. The van der Waals surface area contributed by atoms with E-state index in [-0.39, 0.29) is 12.1 Å². The molecule has 0 radical (unpaired) electrons. The molecule has 0 saturated heterocycles. The zero-order chi connectivity index (χ0) is 19.1. The summed E-state index contributed by atoms with van der Waals surface area (Å²) in [5.74, 6) is -0.120. The van der Waals surface area contributed by atoms with Crippen molar-refractivity contribution in [2.75, 3.05) is 5.32 Å². The molecule has 26 heavy (non-hydrogen) atoms. The van der Waals surface area contributed by atoms with Crippen LogP contribution in [0.2, 0.25) is 5.02 Å². The van der Waals surface area contributed by atoms with Gasteiger partial charge in [0.1, 0.15) is 11.6 Å². The second-order valence-corrected chi connectivity index (χ2v) is 6.69. The molecule has 0 aromatic heterocycles. The molecule has 2 aromatic rings. The van der Waals surface area contributed by atoms with Crippen LogP contribution in [0, 0.1) is 18.3 Å². The Kier molecular flexibility index (Phi) is 6.82. The van der Waals surface area contributed by atoms with E-state index in [0.717, 1.165) is 22.4 Å². The third-order valence-corrected chi connectivity index (χ3v) is 4.42. The van der Waals surface area contributed by atoms with Crippen LogP contribution in [0.4, 0.5) is 5.69 Å². The maximum atomic E-state index is 12.3. The van der Waals surface area contributed by atoms with Gasteiger partial charge in [0.25, 0.3) is 5.91 Å². The third kappa shape index (κ3) is 4.87. The highest BCUT2D eigenvalue weighted by Gasteiger charge is 2.12. The number of hydrogen-bond donors (Lipinski definition) is 2. The number of carbonyl (C=O) groups is 1. The van der Waals surface area contributed by atoms with Crippen LogP contribution in [0.15, 0.2) is 54.2 Å². The molecule has 0 saturated carbocycles. The standard InChI is InChI=1S/C21H22ClN3O/c1-14(2)18-9-6-7-15(3)20(18)24-13-17(11-23)21(26)25-12-16-8-4-5-10-19(16)22/h4-10,13-14,24H,12H2,1-3H3,(H,25,26)/b17-13-. The van der Waals surface area contributed by atoms with Crippen LogP contribution < -0.4 is 10.6 Å². The first-order valence-electron chi connectivity index (χ1n) is 8.42. The Morgan fingerprint density at radius 3 is 2.62 bits per heavy atom. The molecule has 0 aliphatic heterocycles. The van der Waals surface area contributed by atoms with E-state index in [1.807, 2.05) is 49.4 Å². The highest BCUT2D eigenvalue weighted by Crippen LogP contribution is 2.27. The van der Waals surface area contributed by atoms with Crippen molar-refractivity contribution in [2.24, 2.45) is 0 Å². The zero-order valence-electron chi connectivity index (χ0n) is 15.1. The number of nitrogens with one attached hydrogen (secondary N) is 2. The minimum atomic E-state index is -0.445. The summed E-state index contributed by atoms with van der Waals surface area (Å²) < 4.78 is 0. The molecule has 134 valence electrons. The van der Waals surface area contributed by atoms with E-state index in [0.29, 0.717) is 10.9 Å². The normalized spacial score (nSPS) is 11.2. The van der Waals surface area contributed by atoms with Gasteiger partial charge in [0.05, 0.1) is 0 Å². The highest BCUT2D eigenvalue weighted by atomic mass is 35.5. The average molecular weight is 368 g/mol. The van der Waals surface area contributed by atoms with Gasteiger partial charge in [-0.2, -0.15) is 5.26 Å². The Bertz CT molecular complexity index is 866. The Labute approximate surface area is 159 Å². The van der Waals surface area contributed by atoms with Gasteiger partial charge in [-0.3, -0.25) is 4.79 Å². The summed E-state index contributed by atoms with van der Waals surface area (Å²) >= 11 is 6.08. The number of anilines is 1. The lowest BCUT2D eigenvalue weighted by Crippen LogP contribution is -2.24. The average Bonchev–Trinajstić information content (AvgIpc) is 2.62. The lowest BCUT2D eigenvalue weighted by atomic mass is 9.98. The van der Waals surface area contributed by atoms with Crippen molar-refractivity contribution < 1.29 is 4.79 Å². The van der Waals surface area contributed by atoms with E-state index >= 15 is 0 Å². The number of para-hydroxylation sites is 1. The minimum absolute atomic E-state index is 0.00927. The minimum Gasteiger partial charge on any atom is -0.360 e. The van der Waals surface area contributed by atoms with E-state index in [1.54, 1.807) is 6.07 Å². The maximum Gasteiger partial charge on any atom is 0.263 e. The molecule has 0 atom stereocenters. The molecule has 0 aliphatic carbocycles. The van der Waals surface area contributed by atoms with Crippen LogP contribution in [0.3, 0.4) is 0 Å². The van der Waals surface area contributed by atoms with E-state index in [2.05, 4.69) is 24.5 Å². The van der Waals surface area contributed by atoms with Gasteiger partial charge in [-0.05, 0) is 35.6 Å². The molecule has 5 heteroatoms. The molecule has 2 rings (SSSR count). The van der Waals surface area contributed by atoms with Gasteiger partial charge in [-0.25, -0.2) is 0 Å². The lowest BCUT2D eigenvalue weighted by Gasteiger charge is -2.15. The number of benzene rings is 2. The third-order valence-electron chi connectivity index (χ3n) is 4.05. The van der Waals surface area contributed by atoms with Crippen molar-refractivity contribution in [3.8, 4) is 6.07 Å². The topological polar surface area (TPSA) is 64.9 Å². The van der Waals surface area contributed by atoms with Gasteiger partial charge >= 0.3 is 0 Å². The van der Waals surface area contributed by atoms with E-state index in [9.17, 15) is 10.1 Å². The van der Waals surface area contributed by atoms with Crippen LogP contribution in [0.5, 0.6) is 0 Å². The van der Waals surface area contributed by atoms with Crippen molar-refractivity contribution in [2.45, 2.75) is 33.2 Å². The van der Waals surface area contributed by atoms with E-state index in [1.165, 1.54) is 6.20 Å². The fourth-order valence-electron chi connectivity index (χ4n) is 2.57. The monoisotopic (exact) mass is 367 g/mol. The quantitative estimate of drug-likeness (QED) is 0.563.